The molecule has 3 rings (SSSR count). The first kappa shape index (κ1) is 17.9. The fourth-order valence-electron chi connectivity index (χ4n) is 3.21. The second-order valence-electron chi connectivity index (χ2n) is 6.68. The summed E-state index contributed by atoms with van der Waals surface area (Å²) in [7, 11) is 2.01. The lowest BCUT2D eigenvalue weighted by Crippen LogP contribution is -2.39. The highest BCUT2D eigenvalue weighted by atomic mass is 19.1. The summed E-state index contributed by atoms with van der Waals surface area (Å²) in [6.07, 6.45) is 5.56. The third-order valence-electron chi connectivity index (χ3n) is 4.79. The molecule has 3 atom stereocenters. The van der Waals surface area contributed by atoms with Gasteiger partial charge in [-0.05, 0) is 20.4 Å². The van der Waals surface area contributed by atoms with Crippen LogP contribution < -0.4 is 0 Å². The number of aromatic nitrogens is 4. The molecule has 0 aliphatic carbocycles. The Balaban J connectivity index is 1.62. The molecule has 0 N–H and O–H groups in total. The van der Waals surface area contributed by atoms with E-state index in [1.165, 1.54) is 6.33 Å². The van der Waals surface area contributed by atoms with E-state index in [2.05, 4.69) is 29.9 Å². The number of hydrogen-bond acceptors (Lipinski definition) is 7. The van der Waals surface area contributed by atoms with Gasteiger partial charge in [0.15, 0.2) is 5.82 Å². The molecule has 1 saturated heterocycles. The Morgan fingerprint density at radius 3 is 2.84 bits per heavy atom. The smallest absolute Gasteiger partial charge is 0.243 e. The van der Waals surface area contributed by atoms with Crippen LogP contribution in [-0.2, 0) is 13.0 Å². The highest BCUT2D eigenvalue weighted by Gasteiger charge is 2.34. The van der Waals surface area contributed by atoms with Gasteiger partial charge in [0, 0.05) is 50.1 Å². The summed E-state index contributed by atoms with van der Waals surface area (Å²) in [5, 5.41) is 3.96. The second-order valence-corrected chi connectivity index (χ2v) is 6.68. The first-order chi connectivity index (χ1) is 12.1. The normalized spacial score (nSPS) is 22.6. The molecular weight excluding hydrogens is 323 g/mol. The zero-order valence-corrected chi connectivity index (χ0v) is 15.0. The molecule has 0 unspecified atom stereocenters. The first-order valence-corrected chi connectivity index (χ1v) is 8.71. The summed E-state index contributed by atoms with van der Waals surface area (Å²) >= 11 is 0. The molecule has 8 heteroatoms. The van der Waals surface area contributed by atoms with Crippen LogP contribution in [0, 0.1) is 0 Å². The molecule has 0 radical (unpaired) electrons. The molecule has 0 amide bonds. The third kappa shape index (κ3) is 4.38. The Morgan fingerprint density at radius 1 is 1.40 bits per heavy atom. The molecular formula is C17H25FN6O. The van der Waals surface area contributed by atoms with Gasteiger partial charge in [-0.25, -0.2) is 14.4 Å². The Bertz CT molecular complexity index is 666. The van der Waals surface area contributed by atoms with Crippen molar-refractivity contribution in [1.82, 2.24) is 29.9 Å². The summed E-state index contributed by atoms with van der Waals surface area (Å²) in [5.74, 6) is 1.32. The third-order valence-corrected chi connectivity index (χ3v) is 4.79. The monoisotopic (exact) mass is 348 g/mol. The van der Waals surface area contributed by atoms with Gasteiger partial charge in [-0.15, -0.1) is 0 Å². The molecule has 7 nitrogen and oxygen atoms in total. The number of hydrogen-bond donors (Lipinski definition) is 0. The number of rotatable bonds is 7. The van der Waals surface area contributed by atoms with Crippen LogP contribution in [0.15, 0.2) is 23.2 Å². The molecule has 0 spiro atoms. The van der Waals surface area contributed by atoms with Crippen molar-refractivity contribution >= 4 is 0 Å². The standard InChI is InChI=1S/C17H25FN6O/c1-4-16-21-17(25-22-16)12(2)23(3)10-15-5-14(18)9-24(15)8-13-6-19-11-20-7-13/h6-7,11-12,14-15H,4-5,8-10H2,1-3H3/t12-,14+,15+/m1/s1. The lowest BCUT2D eigenvalue weighted by atomic mass is 10.1. The highest BCUT2D eigenvalue weighted by molar-refractivity contribution is 5.04. The fourth-order valence-corrected chi connectivity index (χ4v) is 3.21. The van der Waals surface area contributed by atoms with E-state index in [-0.39, 0.29) is 12.1 Å². The SMILES string of the molecule is CCc1noc([C@@H](C)N(C)C[C@@H]2C[C@H](F)CN2Cc2cncnc2)n1. The fraction of sp³-hybridized carbons (Fsp3) is 0.647. The topological polar surface area (TPSA) is 71.2 Å². The summed E-state index contributed by atoms with van der Waals surface area (Å²) in [6, 6.07) is 0.129. The van der Waals surface area contributed by atoms with E-state index < -0.39 is 6.17 Å². The van der Waals surface area contributed by atoms with Crippen LogP contribution >= 0.6 is 0 Å². The van der Waals surface area contributed by atoms with E-state index in [1.54, 1.807) is 12.4 Å². The number of nitrogens with zero attached hydrogens (tertiary/aromatic N) is 6. The quantitative estimate of drug-likeness (QED) is 0.758. The van der Waals surface area contributed by atoms with E-state index in [9.17, 15) is 4.39 Å². The minimum Gasteiger partial charge on any atom is -0.338 e. The predicted molar refractivity (Wildman–Crippen MR) is 90.5 cm³/mol. The Kier molecular flexibility index (Phi) is 5.70. The Labute approximate surface area is 147 Å². The van der Waals surface area contributed by atoms with Crippen LogP contribution in [0.2, 0.25) is 0 Å². The van der Waals surface area contributed by atoms with Crippen LogP contribution in [-0.4, -0.2) is 62.3 Å². The predicted octanol–water partition coefficient (Wildman–Crippen LogP) is 2.03. The summed E-state index contributed by atoms with van der Waals surface area (Å²) in [6.45, 7) is 5.87. The number of likely N-dealkylation sites (tertiary alicyclic amines) is 1. The van der Waals surface area contributed by atoms with Crippen LogP contribution in [0.25, 0.3) is 0 Å². The van der Waals surface area contributed by atoms with Crippen LogP contribution in [0.3, 0.4) is 0 Å². The molecule has 25 heavy (non-hydrogen) atoms. The van der Waals surface area contributed by atoms with Crippen molar-refractivity contribution in [3.8, 4) is 0 Å². The van der Waals surface area contributed by atoms with E-state index in [4.69, 9.17) is 4.52 Å². The van der Waals surface area contributed by atoms with Crippen molar-refractivity contribution in [2.24, 2.45) is 0 Å². The van der Waals surface area contributed by atoms with Crippen molar-refractivity contribution in [2.75, 3.05) is 20.1 Å². The average molecular weight is 348 g/mol. The number of likely N-dealkylation sites (N-methyl/N-ethyl adjacent to an activating group) is 1. The lowest BCUT2D eigenvalue weighted by Gasteiger charge is -2.30. The zero-order valence-electron chi connectivity index (χ0n) is 15.0. The summed E-state index contributed by atoms with van der Waals surface area (Å²) < 4.78 is 19.4. The van der Waals surface area contributed by atoms with Crippen molar-refractivity contribution in [2.45, 2.75) is 51.5 Å². The van der Waals surface area contributed by atoms with E-state index in [0.717, 1.165) is 18.5 Å². The maximum atomic E-state index is 14.0. The summed E-state index contributed by atoms with van der Waals surface area (Å²) in [4.78, 5) is 16.8. The number of halogens is 1. The maximum Gasteiger partial charge on any atom is 0.243 e. The number of alkyl halides is 1. The average Bonchev–Trinajstić information content (AvgIpc) is 3.22. The van der Waals surface area contributed by atoms with Crippen molar-refractivity contribution < 1.29 is 8.91 Å². The van der Waals surface area contributed by atoms with E-state index in [0.29, 0.717) is 31.2 Å². The molecule has 2 aromatic rings. The van der Waals surface area contributed by atoms with Gasteiger partial charge in [0.05, 0.1) is 6.04 Å². The second kappa shape index (κ2) is 7.97. The van der Waals surface area contributed by atoms with Gasteiger partial charge in [0.1, 0.15) is 12.5 Å². The van der Waals surface area contributed by atoms with E-state index >= 15 is 0 Å². The zero-order chi connectivity index (χ0) is 17.8. The molecule has 0 bridgehead atoms. The molecule has 3 heterocycles. The van der Waals surface area contributed by atoms with E-state index in [1.807, 2.05) is 20.9 Å². The molecule has 136 valence electrons. The minimum absolute atomic E-state index is 0.00614. The molecule has 1 aliphatic heterocycles. The minimum atomic E-state index is -0.798. The number of aryl methyl sites for hydroxylation is 1. The van der Waals surface area contributed by atoms with Gasteiger partial charge >= 0.3 is 0 Å². The molecule has 0 aromatic carbocycles. The van der Waals surface area contributed by atoms with Gasteiger partial charge in [0.25, 0.3) is 0 Å². The lowest BCUT2D eigenvalue weighted by molar-refractivity contribution is 0.143. The van der Waals surface area contributed by atoms with Crippen LogP contribution in [0.5, 0.6) is 0 Å². The highest BCUT2D eigenvalue weighted by Crippen LogP contribution is 2.25. The molecule has 2 aromatic heterocycles. The van der Waals surface area contributed by atoms with Crippen molar-refractivity contribution in [3.05, 3.63) is 36.0 Å². The van der Waals surface area contributed by atoms with Crippen LogP contribution in [0.1, 0.15) is 43.6 Å². The maximum absolute atomic E-state index is 14.0. The Morgan fingerprint density at radius 2 is 2.16 bits per heavy atom. The van der Waals surface area contributed by atoms with Gasteiger partial charge in [0.2, 0.25) is 5.89 Å². The molecule has 1 fully saturated rings. The van der Waals surface area contributed by atoms with Gasteiger partial charge < -0.3 is 4.52 Å². The largest absolute Gasteiger partial charge is 0.338 e. The van der Waals surface area contributed by atoms with Gasteiger partial charge in [-0.3, -0.25) is 9.80 Å². The molecule has 0 saturated carbocycles. The van der Waals surface area contributed by atoms with Gasteiger partial charge in [-0.1, -0.05) is 12.1 Å². The summed E-state index contributed by atoms with van der Waals surface area (Å²) in [5.41, 5.74) is 1.00. The first-order valence-electron chi connectivity index (χ1n) is 8.71. The van der Waals surface area contributed by atoms with Crippen molar-refractivity contribution in [1.29, 1.82) is 0 Å². The Hall–Kier alpha value is -1.93. The van der Waals surface area contributed by atoms with Gasteiger partial charge in [-0.2, -0.15) is 4.98 Å². The molecule has 1 aliphatic rings. The van der Waals surface area contributed by atoms with Crippen LogP contribution in [0.4, 0.5) is 4.39 Å². The van der Waals surface area contributed by atoms with Crippen molar-refractivity contribution in [3.63, 3.8) is 0 Å².